The van der Waals surface area contributed by atoms with Gasteiger partial charge >= 0.3 is 5.97 Å². The molecule has 2 N–H and O–H groups in total. The molecule has 0 spiro atoms. The van der Waals surface area contributed by atoms with Crippen molar-refractivity contribution in [2.45, 2.75) is 19.4 Å². The van der Waals surface area contributed by atoms with E-state index in [9.17, 15) is 14.7 Å². The van der Waals surface area contributed by atoms with E-state index < -0.39 is 11.9 Å². The smallest absolute Gasteiger partial charge is 0.335 e. The molecule has 0 aliphatic heterocycles. The summed E-state index contributed by atoms with van der Waals surface area (Å²) in [5.74, 6) is -1.05. The molecule has 0 fully saturated rings. The van der Waals surface area contributed by atoms with E-state index in [0.717, 1.165) is 5.56 Å². The Bertz CT molecular complexity index is 772. The van der Waals surface area contributed by atoms with Crippen LogP contribution in [0.5, 0.6) is 5.75 Å². The number of amides is 1. The first kappa shape index (κ1) is 18.5. The van der Waals surface area contributed by atoms with E-state index in [1.165, 1.54) is 19.2 Å². The molecule has 0 aliphatic carbocycles. The van der Waals surface area contributed by atoms with E-state index in [1.54, 1.807) is 26.2 Å². The van der Waals surface area contributed by atoms with Crippen molar-refractivity contribution in [3.8, 4) is 5.75 Å². The summed E-state index contributed by atoms with van der Waals surface area (Å²) in [5.41, 5.74) is 2.00. The maximum absolute atomic E-state index is 12.5. The Labute approximate surface area is 146 Å². The lowest BCUT2D eigenvalue weighted by Gasteiger charge is -2.15. The predicted molar refractivity (Wildman–Crippen MR) is 94.2 cm³/mol. The van der Waals surface area contributed by atoms with Crippen LogP contribution in [0, 0.1) is 0 Å². The molecular weight excluding hydrogens is 322 g/mol. The number of methoxy groups -OCH3 is 2. The highest BCUT2D eigenvalue weighted by atomic mass is 16.5. The third kappa shape index (κ3) is 4.81. The van der Waals surface area contributed by atoms with E-state index in [4.69, 9.17) is 9.47 Å². The van der Waals surface area contributed by atoms with E-state index >= 15 is 0 Å². The standard InChI is InChI=1S/C19H21NO5/c1-12(14-5-4-6-17(10-14)25-3)18(21)20-16-8-13(11-24-2)7-15(9-16)19(22)23/h4-10,12H,11H2,1-3H3,(H,20,21)(H,22,23). The minimum atomic E-state index is -1.06. The highest BCUT2D eigenvalue weighted by molar-refractivity contribution is 5.97. The third-order valence-electron chi connectivity index (χ3n) is 3.81. The Kier molecular flexibility index (Phi) is 6.14. The minimum Gasteiger partial charge on any atom is -0.497 e. The summed E-state index contributed by atoms with van der Waals surface area (Å²) in [4.78, 5) is 23.8. The molecule has 1 amide bonds. The van der Waals surface area contributed by atoms with Gasteiger partial charge in [-0.1, -0.05) is 12.1 Å². The van der Waals surface area contributed by atoms with Crippen molar-refractivity contribution >= 4 is 17.6 Å². The second-order valence-electron chi connectivity index (χ2n) is 5.64. The Morgan fingerprint density at radius 1 is 1.16 bits per heavy atom. The summed E-state index contributed by atoms with van der Waals surface area (Å²) in [7, 11) is 3.09. The van der Waals surface area contributed by atoms with Crippen LogP contribution in [0.4, 0.5) is 5.69 Å². The predicted octanol–water partition coefficient (Wildman–Crippen LogP) is 3.28. The number of anilines is 1. The van der Waals surface area contributed by atoms with Crippen molar-refractivity contribution in [2.24, 2.45) is 0 Å². The normalized spacial score (nSPS) is 11.6. The van der Waals surface area contributed by atoms with Crippen molar-refractivity contribution in [2.75, 3.05) is 19.5 Å². The average molecular weight is 343 g/mol. The summed E-state index contributed by atoms with van der Waals surface area (Å²) in [6.45, 7) is 2.04. The van der Waals surface area contributed by atoms with Gasteiger partial charge in [-0.2, -0.15) is 0 Å². The first-order valence-corrected chi connectivity index (χ1v) is 7.75. The van der Waals surface area contributed by atoms with E-state index in [1.807, 2.05) is 18.2 Å². The maximum Gasteiger partial charge on any atom is 0.335 e. The number of carboxylic acids is 1. The molecule has 0 aliphatic rings. The van der Waals surface area contributed by atoms with Gasteiger partial charge in [0.15, 0.2) is 0 Å². The van der Waals surface area contributed by atoms with Crippen LogP contribution >= 0.6 is 0 Å². The van der Waals surface area contributed by atoms with Crippen molar-refractivity contribution in [1.82, 2.24) is 0 Å². The molecule has 1 unspecified atom stereocenters. The lowest BCUT2D eigenvalue weighted by atomic mass is 10.00. The molecule has 25 heavy (non-hydrogen) atoms. The summed E-state index contributed by atoms with van der Waals surface area (Å²) >= 11 is 0. The molecule has 132 valence electrons. The first-order chi connectivity index (χ1) is 11.9. The van der Waals surface area contributed by atoms with Gasteiger partial charge in [0.1, 0.15) is 5.75 Å². The van der Waals surface area contributed by atoms with Gasteiger partial charge < -0.3 is 19.9 Å². The van der Waals surface area contributed by atoms with E-state index in [2.05, 4.69) is 5.32 Å². The van der Waals surface area contributed by atoms with E-state index in [-0.39, 0.29) is 18.1 Å². The van der Waals surface area contributed by atoms with Gasteiger partial charge in [-0.3, -0.25) is 4.79 Å². The van der Waals surface area contributed by atoms with Gasteiger partial charge in [-0.25, -0.2) is 4.79 Å². The van der Waals surface area contributed by atoms with Crippen LogP contribution in [0.15, 0.2) is 42.5 Å². The number of carbonyl (C=O) groups excluding carboxylic acids is 1. The highest BCUT2D eigenvalue weighted by Crippen LogP contribution is 2.23. The Morgan fingerprint density at radius 3 is 2.56 bits per heavy atom. The van der Waals surface area contributed by atoms with Gasteiger partial charge in [0, 0.05) is 12.8 Å². The van der Waals surface area contributed by atoms with Crippen LogP contribution in [-0.2, 0) is 16.1 Å². The number of hydrogen-bond donors (Lipinski definition) is 2. The monoisotopic (exact) mass is 343 g/mol. The van der Waals surface area contributed by atoms with Gasteiger partial charge in [-0.15, -0.1) is 0 Å². The molecular formula is C19H21NO5. The third-order valence-corrected chi connectivity index (χ3v) is 3.81. The zero-order valence-electron chi connectivity index (χ0n) is 14.4. The fourth-order valence-corrected chi connectivity index (χ4v) is 2.45. The minimum absolute atomic E-state index is 0.0962. The number of carboxylic acid groups (broad SMARTS) is 1. The SMILES string of the molecule is COCc1cc(NC(=O)C(C)c2cccc(OC)c2)cc(C(=O)O)c1. The molecule has 2 rings (SSSR count). The van der Waals surface area contributed by atoms with Crippen LogP contribution in [0.25, 0.3) is 0 Å². The Hall–Kier alpha value is -2.86. The Balaban J connectivity index is 2.22. The van der Waals surface area contributed by atoms with Gasteiger partial charge in [0.25, 0.3) is 0 Å². The van der Waals surface area contributed by atoms with Gasteiger partial charge in [0.05, 0.1) is 25.2 Å². The summed E-state index contributed by atoms with van der Waals surface area (Å²) in [5, 5.41) is 12.0. The number of nitrogens with one attached hydrogen (secondary N) is 1. The van der Waals surface area contributed by atoms with Gasteiger partial charge in [0.2, 0.25) is 5.91 Å². The van der Waals surface area contributed by atoms with Crippen LogP contribution in [0.3, 0.4) is 0 Å². The van der Waals surface area contributed by atoms with Crippen LogP contribution < -0.4 is 10.1 Å². The molecule has 0 saturated heterocycles. The summed E-state index contributed by atoms with van der Waals surface area (Å²) in [6, 6.07) is 11.9. The second-order valence-corrected chi connectivity index (χ2v) is 5.64. The Morgan fingerprint density at radius 2 is 1.92 bits per heavy atom. The van der Waals surface area contributed by atoms with Crippen molar-refractivity contribution in [1.29, 1.82) is 0 Å². The average Bonchev–Trinajstić information content (AvgIpc) is 2.61. The largest absolute Gasteiger partial charge is 0.497 e. The molecule has 6 nitrogen and oxygen atoms in total. The quantitative estimate of drug-likeness (QED) is 0.806. The van der Waals surface area contributed by atoms with Gasteiger partial charge in [-0.05, 0) is 48.4 Å². The molecule has 2 aromatic carbocycles. The molecule has 0 bridgehead atoms. The number of benzene rings is 2. The topological polar surface area (TPSA) is 84.9 Å². The molecule has 0 heterocycles. The number of hydrogen-bond acceptors (Lipinski definition) is 4. The lowest BCUT2D eigenvalue weighted by molar-refractivity contribution is -0.117. The number of rotatable bonds is 7. The van der Waals surface area contributed by atoms with Crippen molar-refractivity contribution < 1.29 is 24.2 Å². The van der Waals surface area contributed by atoms with Crippen LogP contribution in [0.2, 0.25) is 0 Å². The molecule has 2 aromatic rings. The lowest BCUT2D eigenvalue weighted by Crippen LogP contribution is -2.19. The highest BCUT2D eigenvalue weighted by Gasteiger charge is 2.17. The van der Waals surface area contributed by atoms with Crippen molar-refractivity contribution in [3.63, 3.8) is 0 Å². The molecule has 6 heteroatoms. The zero-order valence-corrected chi connectivity index (χ0v) is 14.4. The van der Waals surface area contributed by atoms with Crippen LogP contribution in [-0.4, -0.2) is 31.2 Å². The summed E-state index contributed by atoms with van der Waals surface area (Å²) < 4.78 is 10.2. The zero-order chi connectivity index (χ0) is 18.4. The molecule has 1 atom stereocenters. The van der Waals surface area contributed by atoms with E-state index in [0.29, 0.717) is 17.0 Å². The fraction of sp³-hybridized carbons (Fsp3) is 0.263. The number of carbonyl (C=O) groups is 2. The second kappa shape index (κ2) is 8.30. The molecule has 0 saturated carbocycles. The number of aromatic carboxylic acids is 1. The van der Waals surface area contributed by atoms with Crippen molar-refractivity contribution in [3.05, 3.63) is 59.2 Å². The fourth-order valence-electron chi connectivity index (χ4n) is 2.45. The number of ether oxygens (including phenoxy) is 2. The van der Waals surface area contributed by atoms with Crippen LogP contribution in [0.1, 0.15) is 34.3 Å². The first-order valence-electron chi connectivity index (χ1n) is 7.75. The maximum atomic E-state index is 12.5. The summed E-state index contributed by atoms with van der Waals surface area (Å²) in [6.07, 6.45) is 0. The molecule has 0 radical (unpaired) electrons. The molecule has 0 aromatic heterocycles.